The summed E-state index contributed by atoms with van der Waals surface area (Å²) in [4.78, 5) is 24.7. The van der Waals surface area contributed by atoms with Gasteiger partial charge in [0.05, 0.1) is 6.04 Å². The fourth-order valence-corrected chi connectivity index (χ4v) is 2.26. The number of carboxylic acid groups (broad SMARTS) is 1. The van der Waals surface area contributed by atoms with Gasteiger partial charge in [0.2, 0.25) is 5.91 Å². The minimum Gasteiger partial charge on any atom is -0.481 e. The molecule has 1 amide bonds. The van der Waals surface area contributed by atoms with Crippen molar-refractivity contribution in [3.05, 3.63) is 12.7 Å². The molecule has 1 aliphatic rings. The predicted octanol–water partition coefficient (Wildman–Crippen LogP) is 0.864. The molecule has 0 aromatic heterocycles. The van der Waals surface area contributed by atoms with E-state index in [-0.39, 0.29) is 23.8 Å². The van der Waals surface area contributed by atoms with E-state index < -0.39 is 5.97 Å². The Morgan fingerprint density at radius 2 is 2.33 bits per heavy atom. The van der Waals surface area contributed by atoms with Crippen molar-refractivity contribution in [2.45, 2.75) is 32.7 Å². The SMILES string of the molecule is C=CCN1CC(C)(C)CNC(=O)C1CCC(=O)O. The average molecular weight is 254 g/mol. The maximum atomic E-state index is 12.0. The Labute approximate surface area is 108 Å². The van der Waals surface area contributed by atoms with Crippen LogP contribution in [0.25, 0.3) is 0 Å². The van der Waals surface area contributed by atoms with Crippen molar-refractivity contribution in [3.63, 3.8) is 0 Å². The quantitative estimate of drug-likeness (QED) is 0.714. The molecule has 5 nitrogen and oxygen atoms in total. The molecule has 1 rings (SSSR count). The largest absolute Gasteiger partial charge is 0.481 e. The molecule has 0 aromatic carbocycles. The van der Waals surface area contributed by atoms with Crippen LogP contribution < -0.4 is 5.32 Å². The smallest absolute Gasteiger partial charge is 0.303 e. The third-order valence-electron chi connectivity index (χ3n) is 3.11. The Morgan fingerprint density at radius 3 is 2.89 bits per heavy atom. The zero-order valence-corrected chi connectivity index (χ0v) is 11.1. The maximum absolute atomic E-state index is 12.0. The third kappa shape index (κ3) is 4.14. The van der Waals surface area contributed by atoms with Crippen LogP contribution in [0.15, 0.2) is 12.7 Å². The highest BCUT2D eigenvalue weighted by atomic mass is 16.4. The Kier molecular flexibility index (Phi) is 4.90. The molecule has 0 radical (unpaired) electrons. The van der Waals surface area contributed by atoms with Crippen molar-refractivity contribution < 1.29 is 14.7 Å². The van der Waals surface area contributed by atoms with Crippen molar-refractivity contribution in [1.82, 2.24) is 10.2 Å². The predicted molar refractivity (Wildman–Crippen MR) is 69.2 cm³/mol. The number of hydrogen-bond acceptors (Lipinski definition) is 3. The van der Waals surface area contributed by atoms with Gasteiger partial charge in [-0.3, -0.25) is 14.5 Å². The molecule has 0 aliphatic carbocycles. The Balaban J connectivity index is 2.82. The molecule has 18 heavy (non-hydrogen) atoms. The van der Waals surface area contributed by atoms with Crippen LogP contribution in [0.3, 0.4) is 0 Å². The Bertz CT molecular complexity index is 339. The summed E-state index contributed by atoms with van der Waals surface area (Å²) in [7, 11) is 0. The molecule has 2 N–H and O–H groups in total. The number of aliphatic carboxylic acids is 1. The number of carbonyl (C=O) groups is 2. The molecule has 1 atom stereocenters. The molecule has 102 valence electrons. The van der Waals surface area contributed by atoms with Crippen LogP contribution in [0.4, 0.5) is 0 Å². The number of hydrogen-bond donors (Lipinski definition) is 2. The van der Waals surface area contributed by atoms with E-state index >= 15 is 0 Å². The fourth-order valence-electron chi connectivity index (χ4n) is 2.26. The van der Waals surface area contributed by atoms with E-state index in [1.165, 1.54) is 0 Å². The minimum atomic E-state index is -0.870. The van der Waals surface area contributed by atoms with Gasteiger partial charge >= 0.3 is 5.97 Å². The molecular formula is C13H22N2O3. The lowest BCUT2D eigenvalue weighted by Crippen LogP contribution is -2.45. The van der Waals surface area contributed by atoms with Crippen molar-refractivity contribution >= 4 is 11.9 Å². The number of rotatable bonds is 5. The summed E-state index contributed by atoms with van der Waals surface area (Å²) in [6.07, 6.45) is 2.10. The molecule has 1 saturated heterocycles. The van der Waals surface area contributed by atoms with E-state index in [1.54, 1.807) is 6.08 Å². The highest BCUT2D eigenvalue weighted by molar-refractivity contribution is 5.82. The molecule has 1 fully saturated rings. The van der Waals surface area contributed by atoms with Gasteiger partial charge in [-0.05, 0) is 11.8 Å². The first-order valence-corrected chi connectivity index (χ1v) is 6.20. The fraction of sp³-hybridized carbons (Fsp3) is 0.692. The monoisotopic (exact) mass is 254 g/mol. The van der Waals surface area contributed by atoms with E-state index in [0.29, 0.717) is 19.5 Å². The molecule has 1 aliphatic heterocycles. The van der Waals surface area contributed by atoms with E-state index in [1.807, 2.05) is 4.90 Å². The highest BCUT2D eigenvalue weighted by Gasteiger charge is 2.34. The Hall–Kier alpha value is -1.36. The van der Waals surface area contributed by atoms with Gasteiger partial charge in [-0.15, -0.1) is 6.58 Å². The summed E-state index contributed by atoms with van der Waals surface area (Å²) < 4.78 is 0. The van der Waals surface area contributed by atoms with E-state index in [4.69, 9.17) is 5.11 Å². The second kappa shape index (κ2) is 6.00. The van der Waals surface area contributed by atoms with Gasteiger partial charge in [-0.25, -0.2) is 0 Å². The first-order valence-electron chi connectivity index (χ1n) is 6.20. The van der Waals surface area contributed by atoms with Crippen LogP contribution >= 0.6 is 0 Å². The van der Waals surface area contributed by atoms with Gasteiger partial charge in [-0.2, -0.15) is 0 Å². The lowest BCUT2D eigenvalue weighted by atomic mass is 9.93. The summed E-state index contributed by atoms with van der Waals surface area (Å²) in [6.45, 7) is 9.84. The summed E-state index contributed by atoms with van der Waals surface area (Å²) in [5, 5.41) is 11.6. The second-order valence-electron chi connectivity index (χ2n) is 5.55. The first-order chi connectivity index (χ1) is 8.35. The number of carbonyl (C=O) groups excluding carboxylic acids is 1. The second-order valence-corrected chi connectivity index (χ2v) is 5.55. The summed E-state index contributed by atoms with van der Waals surface area (Å²) in [5.41, 5.74) is -0.0172. The van der Waals surface area contributed by atoms with Gasteiger partial charge in [-0.1, -0.05) is 19.9 Å². The van der Waals surface area contributed by atoms with Gasteiger partial charge in [0.1, 0.15) is 0 Å². The molecule has 0 saturated carbocycles. The van der Waals surface area contributed by atoms with Crippen molar-refractivity contribution in [1.29, 1.82) is 0 Å². The van der Waals surface area contributed by atoms with Crippen LogP contribution in [0.1, 0.15) is 26.7 Å². The van der Waals surface area contributed by atoms with Gasteiger partial charge < -0.3 is 10.4 Å². The molecule has 5 heteroatoms. The van der Waals surface area contributed by atoms with E-state index in [2.05, 4.69) is 25.7 Å². The topological polar surface area (TPSA) is 69.6 Å². The zero-order chi connectivity index (χ0) is 13.8. The average Bonchev–Trinajstić information content (AvgIpc) is 2.35. The van der Waals surface area contributed by atoms with Crippen LogP contribution in [0.2, 0.25) is 0 Å². The number of nitrogens with zero attached hydrogens (tertiary/aromatic N) is 1. The third-order valence-corrected chi connectivity index (χ3v) is 3.11. The summed E-state index contributed by atoms with van der Waals surface area (Å²) >= 11 is 0. The molecule has 0 bridgehead atoms. The van der Waals surface area contributed by atoms with Crippen molar-refractivity contribution in [2.75, 3.05) is 19.6 Å². The molecule has 1 unspecified atom stereocenters. The van der Waals surface area contributed by atoms with Crippen LogP contribution in [0.5, 0.6) is 0 Å². The van der Waals surface area contributed by atoms with Crippen molar-refractivity contribution in [2.24, 2.45) is 5.41 Å². The Morgan fingerprint density at radius 1 is 1.67 bits per heavy atom. The summed E-state index contributed by atoms with van der Waals surface area (Å²) in [6, 6.07) is -0.374. The van der Waals surface area contributed by atoms with Crippen molar-refractivity contribution in [3.8, 4) is 0 Å². The van der Waals surface area contributed by atoms with Gasteiger partial charge in [0.25, 0.3) is 0 Å². The molecule has 1 heterocycles. The highest BCUT2D eigenvalue weighted by Crippen LogP contribution is 2.22. The first kappa shape index (κ1) is 14.7. The minimum absolute atomic E-state index is 0.00611. The molecule has 0 spiro atoms. The summed E-state index contributed by atoms with van der Waals surface area (Å²) in [5.74, 6) is -0.950. The molecular weight excluding hydrogens is 232 g/mol. The van der Waals surface area contributed by atoms with Gasteiger partial charge in [0, 0.05) is 26.1 Å². The van der Waals surface area contributed by atoms with E-state index in [0.717, 1.165) is 6.54 Å². The normalized spacial score (nSPS) is 24.1. The lowest BCUT2D eigenvalue weighted by molar-refractivity contribution is -0.137. The van der Waals surface area contributed by atoms with Gasteiger partial charge in [0.15, 0.2) is 0 Å². The molecule has 0 aromatic rings. The standard InChI is InChI=1S/C13H22N2O3/c1-4-7-15-9-13(2,3)8-14-12(18)10(15)5-6-11(16)17/h4,10H,1,5-9H2,2-3H3,(H,14,18)(H,16,17). The van der Waals surface area contributed by atoms with Crippen LogP contribution in [0, 0.1) is 5.41 Å². The lowest BCUT2D eigenvalue weighted by Gasteiger charge is -2.31. The van der Waals surface area contributed by atoms with E-state index in [9.17, 15) is 9.59 Å². The number of amides is 1. The maximum Gasteiger partial charge on any atom is 0.303 e. The number of nitrogens with one attached hydrogen (secondary N) is 1. The number of carboxylic acids is 1. The van der Waals surface area contributed by atoms with Crippen LogP contribution in [-0.4, -0.2) is 47.6 Å². The zero-order valence-electron chi connectivity index (χ0n) is 11.1. The van der Waals surface area contributed by atoms with Crippen LogP contribution in [-0.2, 0) is 9.59 Å².